The number of halogens is 2. The molecule has 0 spiro atoms. The predicted molar refractivity (Wildman–Crippen MR) is 98.4 cm³/mol. The van der Waals surface area contributed by atoms with Crippen LogP contribution >= 0.6 is 27.5 Å². The van der Waals surface area contributed by atoms with Crippen LogP contribution in [0.15, 0.2) is 71.3 Å². The maximum absolute atomic E-state index is 9.49. The summed E-state index contributed by atoms with van der Waals surface area (Å²) < 4.78 is 3.01. The number of allylic oxidation sites excluding steroid dienone is 1. The molecule has 3 aromatic rings. The molecule has 0 unspecified atom stereocenters. The molecule has 3 rings (SSSR count). The topological polar surface area (TPSA) is 28.7 Å². The second-order valence-corrected chi connectivity index (χ2v) is 6.31. The lowest BCUT2D eigenvalue weighted by molar-refractivity contribution is 1.06. The molecule has 112 valence electrons. The molecule has 23 heavy (non-hydrogen) atoms. The summed E-state index contributed by atoms with van der Waals surface area (Å²) in [6.07, 6.45) is 3.85. The van der Waals surface area contributed by atoms with E-state index < -0.39 is 0 Å². The van der Waals surface area contributed by atoms with Crippen LogP contribution in [0.2, 0.25) is 5.02 Å². The largest absolute Gasteiger partial charge is 0.317 e. The smallest absolute Gasteiger partial charge is 0.0998 e. The van der Waals surface area contributed by atoms with Crippen LogP contribution in [0.1, 0.15) is 11.3 Å². The first-order valence-corrected chi connectivity index (χ1v) is 8.15. The highest BCUT2D eigenvalue weighted by Gasteiger charge is 2.05. The molecule has 0 fully saturated rings. The van der Waals surface area contributed by atoms with Gasteiger partial charge >= 0.3 is 0 Å². The van der Waals surface area contributed by atoms with E-state index in [2.05, 4.69) is 22.0 Å². The van der Waals surface area contributed by atoms with Crippen molar-refractivity contribution in [2.75, 3.05) is 0 Å². The summed E-state index contributed by atoms with van der Waals surface area (Å²) in [6.45, 7) is 0. The van der Waals surface area contributed by atoms with Crippen molar-refractivity contribution in [3.63, 3.8) is 0 Å². The Morgan fingerprint density at radius 1 is 1.04 bits per heavy atom. The number of hydrogen-bond donors (Lipinski definition) is 0. The first-order chi connectivity index (χ1) is 11.2. The highest BCUT2D eigenvalue weighted by Crippen LogP contribution is 2.22. The molecule has 0 aliphatic rings. The standard InChI is InChI=1S/C19H12BrClN2/c20-16-5-3-14(4-6-16)15(13-22)12-19-2-1-11-23(19)18-9-7-17(21)8-10-18/h1-12H/b15-12-. The monoisotopic (exact) mass is 382 g/mol. The number of nitrogens with zero attached hydrogens (tertiary/aromatic N) is 2. The molecule has 1 heterocycles. The van der Waals surface area contributed by atoms with E-state index in [1.54, 1.807) is 0 Å². The molecule has 1 aromatic heterocycles. The summed E-state index contributed by atoms with van der Waals surface area (Å²) in [5.41, 5.74) is 3.44. The van der Waals surface area contributed by atoms with Gasteiger partial charge < -0.3 is 4.57 Å². The molecule has 0 aliphatic heterocycles. The zero-order valence-corrected chi connectivity index (χ0v) is 14.4. The number of nitriles is 1. The Morgan fingerprint density at radius 3 is 2.39 bits per heavy atom. The quantitative estimate of drug-likeness (QED) is 0.513. The van der Waals surface area contributed by atoms with E-state index in [9.17, 15) is 5.26 Å². The van der Waals surface area contributed by atoms with Crippen molar-refractivity contribution in [2.24, 2.45) is 0 Å². The van der Waals surface area contributed by atoms with Gasteiger partial charge in [0.15, 0.2) is 0 Å². The molecule has 0 amide bonds. The lowest BCUT2D eigenvalue weighted by atomic mass is 10.1. The van der Waals surface area contributed by atoms with E-state index in [-0.39, 0.29) is 0 Å². The Morgan fingerprint density at radius 2 is 1.74 bits per heavy atom. The van der Waals surface area contributed by atoms with Crippen molar-refractivity contribution in [1.82, 2.24) is 4.57 Å². The zero-order valence-electron chi connectivity index (χ0n) is 12.1. The number of benzene rings is 2. The van der Waals surface area contributed by atoms with Gasteiger partial charge in [-0.25, -0.2) is 0 Å². The minimum Gasteiger partial charge on any atom is -0.317 e. The fraction of sp³-hybridized carbons (Fsp3) is 0. The predicted octanol–water partition coefficient (Wildman–Crippen LogP) is 5.96. The fourth-order valence-electron chi connectivity index (χ4n) is 2.31. The minimum absolute atomic E-state index is 0.617. The summed E-state index contributed by atoms with van der Waals surface area (Å²) in [5, 5.41) is 10.2. The normalized spacial score (nSPS) is 11.3. The fourth-order valence-corrected chi connectivity index (χ4v) is 2.70. The van der Waals surface area contributed by atoms with E-state index in [0.29, 0.717) is 10.6 Å². The Labute approximate surface area is 148 Å². The van der Waals surface area contributed by atoms with Crippen LogP contribution in [0.5, 0.6) is 0 Å². The van der Waals surface area contributed by atoms with Crippen LogP contribution in [-0.2, 0) is 0 Å². The minimum atomic E-state index is 0.617. The Kier molecular flexibility index (Phi) is 4.66. The van der Waals surface area contributed by atoms with Crippen LogP contribution in [0, 0.1) is 11.3 Å². The maximum Gasteiger partial charge on any atom is 0.0998 e. The lowest BCUT2D eigenvalue weighted by Gasteiger charge is -2.07. The molecule has 0 atom stereocenters. The SMILES string of the molecule is N#C/C(=C/c1cccn1-c1ccc(Cl)cc1)c1ccc(Br)cc1. The van der Waals surface area contributed by atoms with E-state index in [1.165, 1.54) is 0 Å². The molecular formula is C19H12BrClN2. The van der Waals surface area contributed by atoms with Gasteiger partial charge in [0, 0.05) is 27.1 Å². The number of hydrogen-bond acceptors (Lipinski definition) is 1. The first-order valence-electron chi connectivity index (χ1n) is 6.98. The highest BCUT2D eigenvalue weighted by atomic mass is 79.9. The Bertz CT molecular complexity index is 884. The van der Waals surface area contributed by atoms with Crippen LogP contribution in [0.3, 0.4) is 0 Å². The van der Waals surface area contributed by atoms with Gasteiger partial charge in [-0.2, -0.15) is 5.26 Å². The molecule has 0 saturated heterocycles. The Balaban J connectivity index is 2.02. The van der Waals surface area contributed by atoms with Crippen molar-refractivity contribution in [3.05, 3.63) is 87.6 Å². The van der Waals surface area contributed by atoms with Gasteiger partial charge in [-0.3, -0.25) is 0 Å². The molecule has 0 saturated carbocycles. The number of rotatable bonds is 3. The second kappa shape index (κ2) is 6.87. The third-order valence-electron chi connectivity index (χ3n) is 3.45. The molecule has 0 aliphatic carbocycles. The second-order valence-electron chi connectivity index (χ2n) is 4.96. The van der Waals surface area contributed by atoms with Gasteiger partial charge in [-0.15, -0.1) is 0 Å². The van der Waals surface area contributed by atoms with E-state index in [0.717, 1.165) is 21.4 Å². The van der Waals surface area contributed by atoms with Crippen LogP contribution < -0.4 is 0 Å². The summed E-state index contributed by atoms with van der Waals surface area (Å²) >= 11 is 9.35. The third kappa shape index (κ3) is 3.56. The molecule has 4 heteroatoms. The summed E-state index contributed by atoms with van der Waals surface area (Å²) in [6, 6.07) is 21.5. The van der Waals surface area contributed by atoms with Gasteiger partial charge in [0.1, 0.15) is 0 Å². The first kappa shape index (κ1) is 15.6. The van der Waals surface area contributed by atoms with E-state index in [1.807, 2.05) is 77.5 Å². The summed E-state index contributed by atoms with van der Waals surface area (Å²) in [7, 11) is 0. The van der Waals surface area contributed by atoms with Crippen LogP contribution in [-0.4, -0.2) is 4.57 Å². The molecule has 2 nitrogen and oxygen atoms in total. The highest BCUT2D eigenvalue weighted by molar-refractivity contribution is 9.10. The van der Waals surface area contributed by atoms with Crippen LogP contribution in [0.4, 0.5) is 0 Å². The van der Waals surface area contributed by atoms with Gasteiger partial charge in [-0.05, 0) is 60.2 Å². The van der Waals surface area contributed by atoms with Gasteiger partial charge in [-0.1, -0.05) is 39.7 Å². The van der Waals surface area contributed by atoms with Crippen molar-refractivity contribution in [2.45, 2.75) is 0 Å². The zero-order chi connectivity index (χ0) is 16.2. The molecule has 0 bridgehead atoms. The average Bonchev–Trinajstić information content (AvgIpc) is 3.02. The van der Waals surface area contributed by atoms with Crippen molar-refractivity contribution in [1.29, 1.82) is 5.26 Å². The van der Waals surface area contributed by atoms with Crippen molar-refractivity contribution in [3.8, 4) is 11.8 Å². The van der Waals surface area contributed by atoms with Gasteiger partial charge in [0.05, 0.1) is 11.6 Å². The van der Waals surface area contributed by atoms with E-state index >= 15 is 0 Å². The van der Waals surface area contributed by atoms with Crippen LogP contribution in [0.25, 0.3) is 17.3 Å². The maximum atomic E-state index is 9.49. The van der Waals surface area contributed by atoms with Gasteiger partial charge in [0.25, 0.3) is 0 Å². The molecule has 0 N–H and O–H groups in total. The molecule has 2 aromatic carbocycles. The summed E-state index contributed by atoms with van der Waals surface area (Å²) in [4.78, 5) is 0. The van der Waals surface area contributed by atoms with Crippen molar-refractivity contribution < 1.29 is 0 Å². The van der Waals surface area contributed by atoms with E-state index in [4.69, 9.17) is 11.6 Å². The lowest BCUT2D eigenvalue weighted by Crippen LogP contribution is -1.94. The van der Waals surface area contributed by atoms with Crippen molar-refractivity contribution >= 4 is 39.2 Å². The molecule has 0 radical (unpaired) electrons. The van der Waals surface area contributed by atoms with Gasteiger partial charge in [0.2, 0.25) is 0 Å². The number of aromatic nitrogens is 1. The summed E-state index contributed by atoms with van der Waals surface area (Å²) in [5.74, 6) is 0. The molecular weight excluding hydrogens is 372 g/mol. The Hall–Kier alpha value is -2.28. The average molecular weight is 384 g/mol. The third-order valence-corrected chi connectivity index (χ3v) is 4.23.